The highest BCUT2D eigenvalue weighted by Gasteiger charge is 2.51. The number of amides is 4. The minimum atomic E-state index is -0.879. The summed E-state index contributed by atoms with van der Waals surface area (Å²) in [4.78, 5) is 44.6. The lowest BCUT2D eigenvalue weighted by Crippen LogP contribution is -2.76. The molecule has 2 fully saturated rings. The Morgan fingerprint density at radius 2 is 1.76 bits per heavy atom. The molecule has 0 spiro atoms. The number of nitriles is 1. The Labute approximate surface area is 244 Å². The first kappa shape index (κ1) is 28.4. The zero-order valence-electron chi connectivity index (χ0n) is 23.1. The van der Waals surface area contributed by atoms with E-state index in [-0.39, 0.29) is 50.2 Å². The van der Waals surface area contributed by atoms with Crippen LogP contribution in [0.1, 0.15) is 22.3 Å². The van der Waals surface area contributed by atoms with Crippen molar-refractivity contribution >= 4 is 17.8 Å². The van der Waals surface area contributed by atoms with Crippen molar-refractivity contribution in [3.63, 3.8) is 0 Å². The van der Waals surface area contributed by atoms with Crippen LogP contribution in [0.5, 0.6) is 5.75 Å². The van der Waals surface area contributed by atoms with Gasteiger partial charge in [-0.2, -0.15) is 5.26 Å². The normalized spacial score (nSPS) is 18.8. The summed E-state index contributed by atoms with van der Waals surface area (Å²) >= 11 is 0. The molecule has 0 aromatic heterocycles. The van der Waals surface area contributed by atoms with Gasteiger partial charge in [0.2, 0.25) is 11.8 Å². The van der Waals surface area contributed by atoms with Crippen molar-refractivity contribution in [1.82, 2.24) is 25.1 Å². The molecule has 10 heteroatoms. The smallest absolute Gasteiger partial charge is 0.334 e. The maximum atomic E-state index is 14.0. The van der Waals surface area contributed by atoms with Crippen LogP contribution in [-0.4, -0.2) is 74.6 Å². The van der Waals surface area contributed by atoms with Gasteiger partial charge in [0, 0.05) is 26.1 Å². The Bertz CT molecular complexity index is 1500. The summed E-state index contributed by atoms with van der Waals surface area (Å²) in [6.07, 6.45) is 1.06. The molecule has 0 aliphatic carbocycles. The zero-order valence-corrected chi connectivity index (χ0v) is 23.1. The number of rotatable bonds is 8. The fraction of sp³-hybridized carbons (Fsp3) is 0.250. The second kappa shape index (κ2) is 12.6. The number of phenolic OH excluding ortho intramolecular Hbond substituents is 1. The highest BCUT2D eigenvalue weighted by Crippen LogP contribution is 2.29. The van der Waals surface area contributed by atoms with E-state index in [2.05, 4.69) is 18.0 Å². The van der Waals surface area contributed by atoms with Gasteiger partial charge < -0.3 is 20.2 Å². The van der Waals surface area contributed by atoms with Crippen LogP contribution in [0.4, 0.5) is 4.79 Å². The summed E-state index contributed by atoms with van der Waals surface area (Å²) in [5.74, 6) is -0.421. The monoisotopic (exact) mass is 564 g/mol. The van der Waals surface area contributed by atoms with Gasteiger partial charge in [0.1, 0.15) is 18.0 Å². The van der Waals surface area contributed by atoms with Crippen LogP contribution in [-0.2, 0) is 29.1 Å². The highest BCUT2D eigenvalue weighted by molar-refractivity contribution is 5.91. The fourth-order valence-electron chi connectivity index (χ4n) is 5.51. The Balaban J connectivity index is 1.50. The molecule has 2 N–H and O–H groups in total. The maximum Gasteiger partial charge on any atom is 0.334 e. The number of nitrogens with one attached hydrogen (secondary N) is 1. The lowest BCUT2D eigenvalue weighted by atomic mass is 9.98. The maximum absolute atomic E-state index is 14.0. The summed E-state index contributed by atoms with van der Waals surface area (Å²) in [5, 5.41) is 25.3. The first-order chi connectivity index (χ1) is 20.4. The predicted octanol–water partition coefficient (Wildman–Crippen LogP) is 3.00. The molecule has 2 aliphatic rings. The minimum absolute atomic E-state index is 0.0832. The Morgan fingerprint density at radius 1 is 1.02 bits per heavy atom. The molecule has 10 nitrogen and oxygen atoms in total. The number of phenols is 1. The van der Waals surface area contributed by atoms with Crippen LogP contribution in [0.15, 0.2) is 91.5 Å². The second-order valence-corrected chi connectivity index (χ2v) is 10.3. The van der Waals surface area contributed by atoms with Gasteiger partial charge in [0.15, 0.2) is 0 Å². The standard InChI is InChI=1S/C32H32N6O4/c1-2-15-36-22-30(40)37-28(17-23-11-13-27(39)14-12-23)31(41)35(20-26-10-6-9-25(16-26)18-33)21-29(37)38(36)32(42)34-19-24-7-4-3-5-8-24/h2-14,16,28-29,39H,1,15,17,19-22H2,(H,34,42). The summed E-state index contributed by atoms with van der Waals surface area (Å²) in [6.45, 7) is 4.56. The van der Waals surface area contributed by atoms with Crippen molar-refractivity contribution < 1.29 is 19.5 Å². The first-order valence-electron chi connectivity index (χ1n) is 13.7. The molecule has 42 heavy (non-hydrogen) atoms. The van der Waals surface area contributed by atoms with Crippen LogP contribution in [0.25, 0.3) is 0 Å². The molecule has 2 aliphatic heterocycles. The molecule has 0 radical (unpaired) electrons. The molecular weight excluding hydrogens is 532 g/mol. The van der Waals surface area contributed by atoms with E-state index in [1.54, 1.807) is 58.4 Å². The SMILES string of the molecule is C=CCN1CC(=O)N2C(Cc3ccc(O)cc3)C(=O)N(Cc3cccc(C#N)c3)CC2N1C(=O)NCc1ccccc1. The molecule has 0 saturated carbocycles. The van der Waals surface area contributed by atoms with Gasteiger partial charge in [-0.1, -0.05) is 60.7 Å². The van der Waals surface area contributed by atoms with E-state index < -0.39 is 18.2 Å². The van der Waals surface area contributed by atoms with Crippen LogP contribution in [0, 0.1) is 11.3 Å². The summed E-state index contributed by atoms with van der Waals surface area (Å²) in [6, 6.07) is 23.9. The fourth-order valence-corrected chi connectivity index (χ4v) is 5.51. The van der Waals surface area contributed by atoms with Crippen molar-refractivity contribution in [2.45, 2.75) is 31.7 Å². The quantitative estimate of drug-likeness (QED) is 0.406. The number of hydrogen-bond donors (Lipinski definition) is 2. The van der Waals surface area contributed by atoms with E-state index in [1.807, 2.05) is 36.4 Å². The van der Waals surface area contributed by atoms with Crippen LogP contribution >= 0.6 is 0 Å². The number of carbonyl (C=O) groups excluding carboxylic acids is 3. The van der Waals surface area contributed by atoms with Crippen LogP contribution in [0.2, 0.25) is 0 Å². The van der Waals surface area contributed by atoms with E-state index in [0.717, 1.165) is 16.7 Å². The lowest BCUT2D eigenvalue weighted by Gasteiger charge is -2.55. The molecule has 5 rings (SSSR count). The van der Waals surface area contributed by atoms with Gasteiger partial charge in [-0.25, -0.2) is 14.8 Å². The Kier molecular flexibility index (Phi) is 8.50. The molecular formula is C32H32N6O4. The van der Waals surface area contributed by atoms with Crippen molar-refractivity contribution in [2.24, 2.45) is 0 Å². The van der Waals surface area contributed by atoms with Gasteiger partial charge in [-0.3, -0.25) is 9.59 Å². The molecule has 0 bridgehead atoms. The number of nitrogens with zero attached hydrogens (tertiary/aromatic N) is 5. The molecule has 3 aromatic carbocycles. The number of fused-ring (bicyclic) bond motifs is 1. The predicted molar refractivity (Wildman–Crippen MR) is 155 cm³/mol. The topological polar surface area (TPSA) is 120 Å². The number of carbonyl (C=O) groups is 3. The number of aromatic hydroxyl groups is 1. The van der Waals surface area contributed by atoms with Crippen LogP contribution in [0.3, 0.4) is 0 Å². The summed E-state index contributed by atoms with van der Waals surface area (Å²) in [7, 11) is 0. The van der Waals surface area contributed by atoms with E-state index in [0.29, 0.717) is 12.1 Å². The summed E-state index contributed by atoms with van der Waals surface area (Å²) in [5.41, 5.74) is 2.93. The molecule has 4 amide bonds. The van der Waals surface area contributed by atoms with E-state index >= 15 is 0 Å². The number of benzene rings is 3. The van der Waals surface area contributed by atoms with Crippen molar-refractivity contribution in [1.29, 1.82) is 5.26 Å². The average molecular weight is 565 g/mol. The van der Waals surface area contributed by atoms with Crippen LogP contribution < -0.4 is 5.32 Å². The number of hydrogen-bond acceptors (Lipinski definition) is 6. The van der Waals surface area contributed by atoms with Crippen molar-refractivity contribution in [3.8, 4) is 11.8 Å². The second-order valence-electron chi connectivity index (χ2n) is 10.3. The van der Waals surface area contributed by atoms with Gasteiger partial charge in [-0.15, -0.1) is 6.58 Å². The van der Waals surface area contributed by atoms with E-state index in [4.69, 9.17) is 0 Å². The number of piperazine rings is 1. The van der Waals surface area contributed by atoms with Crippen molar-refractivity contribution in [2.75, 3.05) is 19.6 Å². The third-order valence-electron chi connectivity index (χ3n) is 7.46. The number of hydrazine groups is 1. The first-order valence-corrected chi connectivity index (χ1v) is 13.7. The Morgan fingerprint density at radius 3 is 2.48 bits per heavy atom. The Hall–Kier alpha value is -5.14. The molecule has 3 aromatic rings. The molecule has 2 saturated heterocycles. The molecule has 2 heterocycles. The zero-order chi connectivity index (χ0) is 29.6. The third kappa shape index (κ3) is 6.11. The largest absolute Gasteiger partial charge is 0.508 e. The van der Waals surface area contributed by atoms with Gasteiger partial charge in [0.05, 0.1) is 24.7 Å². The van der Waals surface area contributed by atoms with Gasteiger partial charge in [-0.05, 0) is 41.0 Å². The molecule has 2 unspecified atom stereocenters. The van der Waals surface area contributed by atoms with Gasteiger partial charge in [0.25, 0.3) is 0 Å². The number of urea groups is 1. The van der Waals surface area contributed by atoms with Crippen molar-refractivity contribution in [3.05, 3.63) is 114 Å². The summed E-state index contributed by atoms with van der Waals surface area (Å²) < 4.78 is 0. The minimum Gasteiger partial charge on any atom is -0.508 e. The molecule has 2 atom stereocenters. The van der Waals surface area contributed by atoms with E-state index in [9.17, 15) is 24.8 Å². The lowest BCUT2D eigenvalue weighted by molar-refractivity contribution is -0.189. The highest BCUT2D eigenvalue weighted by atomic mass is 16.3. The average Bonchev–Trinajstić information content (AvgIpc) is 3.00. The third-order valence-corrected chi connectivity index (χ3v) is 7.46. The molecule has 214 valence electrons. The van der Waals surface area contributed by atoms with Gasteiger partial charge >= 0.3 is 6.03 Å². The van der Waals surface area contributed by atoms with E-state index in [1.165, 1.54) is 9.91 Å².